The third-order valence-electron chi connectivity index (χ3n) is 3.83. The van der Waals surface area contributed by atoms with E-state index in [1.807, 2.05) is 4.90 Å². The van der Waals surface area contributed by atoms with Crippen molar-refractivity contribution >= 4 is 5.91 Å². The largest absolute Gasteiger partial charge is 0.480 e. The summed E-state index contributed by atoms with van der Waals surface area (Å²) in [6.07, 6.45) is 1.63. The van der Waals surface area contributed by atoms with E-state index in [-0.39, 0.29) is 5.91 Å². The molecule has 0 radical (unpaired) electrons. The molecule has 1 aliphatic rings. The summed E-state index contributed by atoms with van der Waals surface area (Å²) in [5.41, 5.74) is 6.19. The van der Waals surface area contributed by atoms with E-state index in [0.717, 1.165) is 32.7 Å². The van der Waals surface area contributed by atoms with E-state index in [0.29, 0.717) is 23.9 Å². The molecule has 2 N–H and O–H groups in total. The van der Waals surface area contributed by atoms with Crippen molar-refractivity contribution in [3.8, 4) is 5.88 Å². The first-order valence-corrected chi connectivity index (χ1v) is 7.36. The third kappa shape index (κ3) is 3.92. The number of nitrogens with zero attached hydrogens (tertiary/aromatic N) is 3. The Labute approximate surface area is 125 Å². The molecule has 21 heavy (non-hydrogen) atoms. The van der Waals surface area contributed by atoms with Crippen molar-refractivity contribution in [2.24, 2.45) is 11.7 Å². The van der Waals surface area contributed by atoms with E-state index in [4.69, 9.17) is 10.5 Å². The van der Waals surface area contributed by atoms with Gasteiger partial charge in [0.1, 0.15) is 5.56 Å². The van der Waals surface area contributed by atoms with Gasteiger partial charge in [0.2, 0.25) is 5.88 Å². The Kier molecular flexibility index (Phi) is 5.52. The molecule has 6 nitrogen and oxygen atoms in total. The number of methoxy groups -OCH3 is 1. The Morgan fingerprint density at radius 1 is 1.43 bits per heavy atom. The minimum absolute atomic E-state index is 0.00790. The van der Waals surface area contributed by atoms with Crippen LogP contribution in [0.25, 0.3) is 0 Å². The number of hydrogen-bond donors (Lipinski definition) is 1. The van der Waals surface area contributed by atoms with Gasteiger partial charge in [-0.05, 0) is 24.6 Å². The van der Waals surface area contributed by atoms with E-state index >= 15 is 0 Å². The third-order valence-corrected chi connectivity index (χ3v) is 3.83. The predicted octanol–water partition coefficient (Wildman–Crippen LogP) is 0.443. The smallest absolute Gasteiger partial charge is 0.259 e. The average molecular weight is 292 g/mol. The molecule has 1 aromatic heterocycles. The number of carbonyl (C=O) groups is 1. The Balaban J connectivity index is 1.94. The zero-order chi connectivity index (χ0) is 15.2. The number of aromatic nitrogens is 1. The van der Waals surface area contributed by atoms with Gasteiger partial charge in [0.25, 0.3) is 5.91 Å². The first-order chi connectivity index (χ1) is 10.2. The van der Waals surface area contributed by atoms with Gasteiger partial charge in [-0.1, -0.05) is 6.92 Å². The summed E-state index contributed by atoms with van der Waals surface area (Å²) in [5.74, 6) is 0.874. The van der Waals surface area contributed by atoms with Crippen molar-refractivity contribution in [1.29, 1.82) is 0 Å². The molecule has 0 aliphatic carbocycles. The number of nitrogens with two attached hydrogens (primary N) is 1. The quantitative estimate of drug-likeness (QED) is 0.853. The Morgan fingerprint density at radius 2 is 2.14 bits per heavy atom. The lowest BCUT2D eigenvalue weighted by atomic mass is 10.1. The molecule has 6 heteroatoms. The second kappa shape index (κ2) is 7.38. The molecule has 1 saturated heterocycles. The molecular weight excluding hydrogens is 268 g/mol. The highest BCUT2D eigenvalue weighted by Crippen LogP contribution is 2.17. The van der Waals surface area contributed by atoms with E-state index in [2.05, 4.69) is 16.8 Å². The van der Waals surface area contributed by atoms with Gasteiger partial charge in [0.05, 0.1) is 7.11 Å². The fourth-order valence-corrected chi connectivity index (χ4v) is 2.54. The fraction of sp³-hybridized carbons (Fsp3) is 0.600. The van der Waals surface area contributed by atoms with Crippen LogP contribution in [0.2, 0.25) is 0 Å². The van der Waals surface area contributed by atoms with Crippen LogP contribution in [-0.4, -0.2) is 67.1 Å². The zero-order valence-electron chi connectivity index (χ0n) is 12.8. The van der Waals surface area contributed by atoms with E-state index in [1.54, 1.807) is 18.3 Å². The van der Waals surface area contributed by atoms with Crippen LogP contribution in [0.5, 0.6) is 5.88 Å². The standard InChI is InChI=1S/C15H24N4O2/c1-12(10-16)11-18-6-8-19(9-7-18)15(20)13-4-3-5-17-14(13)21-2/h3-5,12H,6-11,16H2,1-2H3. The first-order valence-electron chi connectivity index (χ1n) is 7.36. The summed E-state index contributed by atoms with van der Waals surface area (Å²) >= 11 is 0. The van der Waals surface area contributed by atoms with Crippen LogP contribution in [0.15, 0.2) is 18.3 Å². The van der Waals surface area contributed by atoms with Crippen molar-refractivity contribution in [1.82, 2.24) is 14.8 Å². The van der Waals surface area contributed by atoms with Gasteiger partial charge in [-0.15, -0.1) is 0 Å². The lowest BCUT2D eigenvalue weighted by Crippen LogP contribution is -2.50. The topological polar surface area (TPSA) is 71.7 Å². The number of ether oxygens (including phenoxy) is 1. The fourth-order valence-electron chi connectivity index (χ4n) is 2.54. The van der Waals surface area contributed by atoms with Crippen LogP contribution in [0.4, 0.5) is 0 Å². The molecule has 2 heterocycles. The minimum atomic E-state index is -0.00790. The normalized spacial score (nSPS) is 17.6. The van der Waals surface area contributed by atoms with Gasteiger partial charge < -0.3 is 15.4 Å². The predicted molar refractivity (Wildman–Crippen MR) is 81.4 cm³/mol. The molecule has 1 fully saturated rings. The Morgan fingerprint density at radius 3 is 2.76 bits per heavy atom. The van der Waals surface area contributed by atoms with Crippen LogP contribution in [0.3, 0.4) is 0 Å². The minimum Gasteiger partial charge on any atom is -0.480 e. The number of pyridine rings is 1. The number of hydrogen-bond acceptors (Lipinski definition) is 5. The summed E-state index contributed by atoms with van der Waals surface area (Å²) in [6.45, 7) is 7.08. The molecule has 116 valence electrons. The summed E-state index contributed by atoms with van der Waals surface area (Å²) < 4.78 is 5.16. The Hall–Kier alpha value is -1.66. The van der Waals surface area contributed by atoms with Crippen LogP contribution < -0.4 is 10.5 Å². The molecule has 1 aromatic rings. The van der Waals surface area contributed by atoms with Gasteiger partial charge in [0.15, 0.2) is 0 Å². The van der Waals surface area contributed by atoms with Crippen molar-refractivity contribution in [2.45, 2.75) is 6.92 Å². The second-order valence-electron chi connectivity index (χ2n) is 5.49. The maximum absolute atomic E-state index is 12.5. The second-order valence-corrected chi connectivity index (χ2v) is 5.49. The maximum Gasteiger partial charge on any atom is 0.259 e. The number of carbonyl (C=O) groups excluding carboxylic acids is 1. The highest BCUT2D eigenvalue weighted by molar-refractivity contribution is 5.96. The molecule has 1 unspecified atom stereocenters. The molecule has 1 aliphatic heterocycles. The molecule has 1 amide bonds. The van der Waals surface area contributed by atoms with Crippen molar-refractivity contribution in [2.75, 3.05) is 46.4 Å². The lowest BCUT2D eigenvalue weighted by molar-refractivity contribution is 0.0618. The summed E-state index contributed by atoms with van der Waals surface area (Å²) in [6, 6.07) is 3.52. The van der Waals surface area contributed by atoms with Crippen molar-refractivity contribution in [3.63, 3.8) is 0 Å². The average Bonchev–Trinajstić information content (AvgIpc) is 2.54. The molecule has 0 bridgehead atoms. The maximum atomic E-state index is 12.5. The molecular formula is C15H24N4O2. The Bertz CT molecular complexity index is 472. The highest BCUT2D eigenvalue weighted by atomic mass is 16.5. The number of rotatable bonds is 5. The highest BCUT2D eigenvalue weighted by Gasteiger charge is 2.24. The number of amides is 1. The van der Waals surface area contributed by atoms with Crippen LogP contribution >= 0.6 is 0 Å². The van der Waals surface area contributed by atoms with Crippen LogP contribution in [-0.2, 0) is 0 Å². The molecule has 1 atom stereocenters. The van der Waals surface area contributed by atoms with E-state index < -0.39 is 0 Å². The van der Waals surface area contributed by atoms with Gasteiger partial charge in [-0.2, -0.15) is 0 Å². The SMILES string of the molecule is COc1ncccc1C(=O)N1CCN(CC(C)CN)CC1. The van der Waals surface area contributed by atoms with E-state index in [1.165, 1.54) is 7.11 Å². The van der Waals surface area contributed by atoms with E-state index in [9.17, 15) is 4.79 Å². The number of piperazine rings is 1. The van der Waals surface area contributed by atoms with Gasteiger partial charge in [0, 0.05) is 38.9 Å². The zero-order valence-corrected chi connectivity index (χ0v) is 12.8. The summed E-state index contributed by atoms with van der Waals surface area (Å²) in [7, 11) is 1.53. The molecule has 0 aromatic carbocycles. The monoisotopic (exact) mass is 292 g/mol. The van der Waals surface area contributed by atoms with Gasteiger partial charge >= 0.3 is 0 Å². The van der Waals surface area contributed by atoms with Crippen LogP contribution in [0, 0.1) is 5.92 Å². The molecule has 0 spiro atoms. The van der Waals surface area contributed by atoms with Crippen LogP contribution in [0.1, 0.15) is 17.3 Å². The first kappa shape index (κ1) is 15.7. The van der Waals surface area contributed by atoms with Crippen molar-refractivity contribution < 1.29 is 9.53 Å². The van der Waals surface area contributed by atoms with Gasteiger partial charge in [-0.25, -0.2) is 4.98 Å². The van der Waals surface area contributed by atoms with Gasteiger partial charge in [-0.3, -0.25) is 9.69 Å². The summed E-state index contributed by atoms with van der Waals surface area (Å²) in [5, 5.41) is 0. The molecule has 0 saturated carbocycles. The lowest BCUT2D eigenvalue weighted by Gasteiger charge is -2.35. The summed E-state index contributed by atoms with van der Waals surface area (Å²) in [4.78, 5) is 20.8. The molecule has 2 rings (SSSR count). The van der Waals surface area contributed by atoms with Crippen molar-refractivity contribution in [3.05, 3.63) is 23.9 Å².